The molecule has 0 aliphatic carbocycles. The van der Waals surface area contributed by atoms with Crippen molar-refractivity contribution in [1.29, 1.82) is 0 Å². The number of aliphatic hydroxyl groups excluding tert-OH is 2. The number of phenols is 1. The van der Waals surface area contributed by atoms with E-state index in [0.717, 1.165) is 12.1 Å². The molecule has 1 aromatic rings. The Balaban J connectivity index is 2.09. The van der Waals surface area contributed by atoms with Crippen molar-refractivity contribution < 1.29 is 30.0 Å². The van der Waals surface area contributed by atoms with E-state index in [1.165, 1.54) is 11.0 Å². The van der Waals surface area contributed by atoms with Gasteiger partial charge in [-0.05, 0) is 18.2 Å². The van der Waals surface area contributed by atoms with Gasteiger partial charge in [-0.2, -0.15) is 0 Å². The fourth-order valence-corrected chi connectivity index (χ4v) is 1.92. The molecule has 1 fully saturated rings. The highest BCUT2D eigenvalue weighted by atomic mass is 16.4. The maximum atomic E-state index is 11.9. The van der Waals surface area contributed by atoms with Gasteiger partial charge in [0.15, 0.2) is 0 Å². The monoisotopic (exact) mass is 282 g/mol. The van der Waals surface area contributed by atoms with Crippen LogP contribution in [0, 0.1) is 0 Å². The van der Waals surface area contributed by atoms with E-state index in [2.05, 4.69) is 5.32 Å². The van der Waals surface area contributed by atoms with E-state index < -0.39 is 30.0 Å². The molecule has 8 heteroatoms. The van der Waals surface area contributed by atoms with Crippen molar-refractivity contribution in [1.82, 2.24) is 4.90 Å². The molecule has 2 rings (SSSR count). The third-order valence-electron chi connectivity index (χ3n) is 3.02. The molecule has 1 aliphatic heterocycles. The molecule has 1 saturated heterocycles. The Hall–Kier alpha value is -2.32. The summed E-state index contributed by atoms with van der Waals surface area (Å²) in [4.78, 5) is 23.9. The number of carbonyl (C=O) groups excluding carboxylic acids is 1. The molecule has 108 valence electrons. The molecule has 2 amide bonds. The second-order valence-electron chi connectivity index (χ2n) is 4.51. The number of carbonyl (C=O) groups is 2. The zero-order valence-electron chi connectivity index (χ0n) is 10.4. The highest BCUT2D eigenvalue weighted by Crippen LogP contribution is 2.22. The fraction of sp³-hybridized carbons (Fsp3) is 0.333. The second kappa shape index (κ2) is 5.35. The Kier molecular flexibility index (Phi) is 3.77. The molecule has 1 aliphatic rings. The summed E-state index contributed by atoms with van der Waals surface area (Å²) in [5.74, 6) is -1.71. The number of urea groups is 1. The smallest absolute Gasteiger partial charge is 0.339 e. The number of benzene rings is 1. The lowest BCUT2D eigenvalue weighted by atomic mass is 10.2. The van der Waals surface area contributed by atoms with E-state index >= 15 is 0 Å². The van der Waals surface area contributed by atoms with Gasteiger partial charge in [0.25, 0.3) is 0 Å². The number of anilines is 1. The van der Waals surface area contributed by atoms with Gasteiger partial charge in [-0.1, -0.05) is 0 Å². The van der Waals surface area contributed by atoms with Gasteiger partial charge in [0.2, 0.25) is 0 Å². The molecule has 5 N–H and O–H groups in total. The summed E-state index contributed by atoms with van der Waals surface area (Å²) >= 11 is 0. The number of nitrogens with zero attached hydrogens (tertiary/aromatic N) is 1. The Labute approximate surface area is 113 Å². The predicted molar refractivity (Wildman–Crippen MR) is 67.7 cm³/mol. The van der Waals surface area contributed by atoms with E-state index in [-0.39, 0.29) is 24.3 Å². The Morgan fingerprint density at radius 1 is 1.20 bits per heavy atom. The number of carboxylic acid groups (broad SMARTS) is 1. The number of hydrogen-bond acceptors (Lipinski definition) is 5. The minimum absolute atomic E-state index is 0.00310. The zero-order chi connectivity index (χ0) is 14.9. The lowest BCUT2D eigenvalue weighted by Crippen LogP contribution is -2.33. The van der Waals surface area contributed by atoms with Crippen LogP contribution in [-0.4, -0.2) is 62.6 Å². The van der Waals surface area contributed by atoms with E-state index in [0.29, 0.717) is 0 Å². The first-order chi connectivity index (χ1) is 9.38. The van der Waals surface area contributed by atoms with Crippen molar-refractivity contribution >= 4 is 17.7 Å². The molecule has 20 heavy (non-hydrogen) atoms. The van der Waals surface area contributed by atoms with E-state index in [9.17, 15) is 24.9 Å². The van der Waals surface area contributed by atoms with E-state index in [1.807, 2.05) is 0 Å². The van der Waals surface area contributed by atoms with Crippen molar-refractivity contribution in [2.24, 2.45) is 0 Å². The SMILES string of the molecule is O=C(O)c1cc(NC(=O)N2CC(O)C(O)C2)ccc1O. The summed E-state index contributed by atoms with van der Waals surface area (Å²) in [6.07, 6.45) is -1.98. The number of aromatic hydroxyl groups is 1. The third kappa shape index (κ3) is 2.81. The summed E-state index contributed by atoms with van der Waals surface area (Å²) in [6.45, 7) is -0.00621. The predicted octanol–water partition coefficient (Wildman–Crippen LogP) is -0.340. The molecule has 0 aromatic heterocycles. The molecule has 1 aromatic carbocycles. The molecule has 2 atom stereocenters. The normalized spacial score (nSPS) is 21.8. The van der Waals surface area contributed by atoms with Crippen LogP contribution in [0.3, 0.4) is 0 Å². The minimum atomic E-state index is -1.31. The first kappa shape index (κ1) is 14.1. The lowest BCUT2D eigenvalue weighted by Gasteiger charge is -2.16. The lowest BCUT2D eigenvalue weighted by molar-refractivity contribution is 0.0572. The van der Waals surface area contributed by atoms with Crippen LogP contribution in [0.2, 0.25) is 0 Å². The highest BCUT2D eigenvalue weighted by molar-refractivity contribution is 5.95. The van der Waals surface area contributed by atoms with Gasteiger partial charge in [0.1, 0.15) is 11.3 Å². The van der Waals surface area contributed by atoms with Gasteiger partial charge in [-0.25, -0.2) is 9.59 Å². The van der Waals surface area contributed by atoms with Crippen molar-refractivity contribution in [3.05, 3.63) is 23.8 Å². The maximum absolute atomic E-state index is 11.9. The van der Waals surface area contributed by atoms with Crippen LogP contribution >= 0.6 is 0 Å². The van der Waals surface area contributed by atoms with Crippen LogP contribution in [0.15, 0.2) is 18.2 Å². The number of likely N-dealkylation sites (tertiary alicyclic amines) is 1. The Bertz CT molecular complexity index is 537. The molecule has 8 nitrogen and oxygen atoms in total. The van der Waals surface area contributed by atoms with Crippen LogP contribution in [0.4, 0.5) is 10.5 Å². The quantitative estimate of drug-likeness (QED) is 0.472. The van der Waals surface area contributed by atoms with E-state index in [1.54, 1.807) is 0 Å². The minimum Gasteiger partial charge on any atom is -0.507 e. The molecule has 0 bridgehead atoms. The van der Waals surface area contributed by atoms with E-state index in [4.69, 9.17) is 5.11 Å². The molecule has 0 saturated carbocycles. The summed E-state index contributed by atoms with van der Waals surface area (Å²) in [6, 6.07) is 3.07. The molecule has 0 spiro atoms. The van der Waals surface area contributed by atoms with Crippen LogP contribution in [0.1, 0.15) is 10.4 Å². The van der Waals surface area contributed by atoms with Crippen molar-refractivity contribution in [2.75, 3.05) is 18.4 Å². The van der Waals surface area contributed by atoms with Crippen LogP contribution < -0.4 is 5.32 Å². The molecular weight excluding hydrogens is 268 g/mol. The van der Waals surface area contributed by atoms with Crippen molar-refractivity contribution in [3.63, 3.8) is 0 Å². The zero-order valence-corrected chi connectivity index (χ0v) is 10.4. The summed E-state index contributed by atoms with van der Waals surface area (Å²) in [5, 5.41) is 39.4. The Morgan fingerprint density at radius 3 is 2.35 bits per heavy atom. The number of β-amino-alcohol motifs (C(OH)–C–C–N with tert-alkyl or cyclic N) is 2. The number of carboxylic acids is 1. The van der Waals surface area contributed by atoms with Gasteiger partial charge >= 0.3 is 12.0 Å². The van der Waals surface area contributed by atoms with Gasteiger partial charge < -0.3 is 30.6 Å². The van der Waals surface area contributed by atoms with Gasteiger partial charge in [-0.15, -0.1) is 0 Å². The van der Waals surface area contributed by atoms with Crippen molar-refractivity contribution in [2.45, 2.75) is 12.2 Å². The number of nitrogens with one attached hydrogen (secondary N) is 1. The van der Waals surface area contributed by atoms with Gasteiger partial charge in [-0.3, -0.25) is 0 Å². The molecule has 0 radical (unpaired) electrons. The van der Waals surface area contributed by atoms with Crippen LogP contribution in [0.5, 0.6) is 5.75 Å². The third-order valence-corrected chi connectivity index (χ3v) is 3.02. The second-order valence-corrected chi connectivity index (χ2v) is 4.51. The van der Waals surface area contributed by atoms with Crippen LogP contribution in [0.25, 0.3) is 0 Å². The first-order valence-electron chi connectivity index (χ1n) is 5.87. The fourth-order valence-electron chi connectivity index (χ4n) is 1.92. The number of aliphatic hydroxyl groups is 2. The largest absolute Gasteiger partial charge is 0.507 e. The molecular formula is C12H14N2O6. The van der Waals surface area contributed by atoms with Crippen LogP contribution in [-0.2, 0) is 0 Å². The Morgan fingerprint density at radius 2 is 1.80 bits per heavy atom. The number of hydrogen-bond donors (Lipinski definition) is 5. The number of aromatic carboxylic acids is 1. The van der Waals surface area contributed by atoms with Gasteiger partial charge in [0, 0.05) is 5.69 Å². The topological polar surface area (TPSA) is 130 Å². The summed E-state index contributed by atoms with van der Waals surface area (Å²) in [7, 11) is 0. The summed E-state index contributed by atoms with van der Waals surface area (Å²) in [5.41, 5.74) is -0.134. The van der Waals surface area contributed by atoms with Gasteiger partial charge in [0.05, 0.1) is 25.3 Å². The molecule has 1 heterocycles. The number of rotatable bonds is 2. The maximum Gasteiger partial charge on any atom is 0.339 e. The number of amides is 2. The average Bonchev–Trinajstić information content (AvgIpc) is 2.72. The average molecular weight is 282 g/mol. The standard InChI is InChI=1S/C12H14N2O6/c15-8-2-1-6(3-7(8)11(18)19)13-12(20)14-4-9(16)10(17)5-14/h1-3,9-10,15-17H,4-5H2,(H,13,20)(H,18,19). The highest BCUT2D eigenvalue weighted by Gasteiger charge is 2.32. The summed E-state index contributed by atoms with van der Waals surface area (Å²) < 4.78 is 0. The molecule has 2 unspecified atom stereocenters. The van der Waals surface area contributed by atoms with Crippen molar-refractivity contribution in [3.8, 4) is 5.75 Å². The first-order valence-corrected chi connectivity index (χ1v) is 5.87.